The van der Waals surface area contributed by atoms with E-state index in [4.69, 9.17) is 0 Å². The molecule has 2 saturated heterocycles. The minimum Gasteiger partial charge on any atom is -0.339 e. The zero-order chi connectivity index (χ0) is 19.5. The number of carbonyl (C=O) groups excluding carboxylic acids is 3. The summed E-state index contributed by atoms with van der Waals surface area (Å²) in [5.74, 6) is -0.116. The van der Waals surface area contributed by atoms with Crippen molar-refractivity contribution in [3.8, 4) is 0 Å². The highest BCUT2D eigenvalue weighted by atomic mass is 16.2. The van der Waals surface area contributed by atoms with Crippen molar-refractivity contribution in [3.05, 3.63) is 59.7 Å². The first kappa shape index (κ1) is 18.2. The maximum Gasteiger partial charge on any atom is 0.255 e. The fourth-order valence-electron chi connectivity index (χ4n) is 3.75. The Morgan fingerprint density at radius 2 is 1.61 bits per heavy atom. The van der Waals surface area contributed by atoms with E-state index in [2.05, 4.69) is 5.32 Å². The number of anilines is 2. The number of nitrogens with zero attached hydrogens (tertiary/aromatic N) is 2. The largest absolute Gasteiger partial charge is 0.339 e. The lowest BCUT2D eigenvalue weighted by molar-refractivity contribution is -0.117. The summed E-state index contributed by atoms with van der Waals surface area (Å²) in [6, 6.07) is 14.1. The summed E-state index contributed by atoms with van der Waals surface area (Å²) in [4.78, 5) is 40.5. The zero-order valence-corrected chi connectivity index (χ0v) is 15.7. The number of likely N-dealkylation sites (tertiary alicyclic amines) is 1. The van der Waals surface area contributed by atoms with Crippen LogP contribution in [-0.4, -0.2) is 42.3 Å². The number of hydrogen-bond donors (Lipinski definition) is 1. The maximum absolute atomic E-state index is 12.6. The van der Waals surface area contributed by atoms with Crippen molar-refractivity contribution in [2.45, 2.75) is 25.7 Å². The van der Waals surface area contributed by atoms with Gasteiger partial charge in [0, 0.05) is 48.6 Å². The highest BCUT2D eigenvalue weighted by Crippen LogP contribution is 2.22. The summed E-state index contributed by atoms with van der Waals surface area (Å²) < 4.78 is 0. The molecule has 6 nitrogen and oxygen atoms in total. The van der Waals surface area contributed by atoms with Crippen molar-refractivity contribution in [3.63, 3.8) is 0 Å². The number of nitrogens with one attached hydrogen (secondary N) is 1. The minimum absolute atomic E-state index is 0.00762. The van der Waals surface area contributed by atoms with E-state index in [1.807, 2.05) is 4.90 Å². The summed E-state index contributed by atoms with van der Waals surface area (Å²) in [7, 11) is 0. The van der Waals surface area contributed by atoms with E-state index >= 15 is 0 Å². The second-order valence-corrected chi connectivity index (χ2v) is 7.23. The summed E-state index contributed by atoms with van der Waals surface area (Å²) in [5, 5.41) is 2.85. The molecule has 0 unspecified atom stereocenters. The average molecular weight is 377 g/mol. The van der Waals surface area contributed by atoms with Crippen LogP contribution < -0.4 is 10.2 Å². The molecule has 1 N–H and O–H groups in total. The second kappa shape index (κ2) is 7.84. The van der Waals surface area contributed by atoms with E-state index in [-0.39, 0.29) is 17.7 Å². The SMILES string of the molecule is O=C(Nc1cccc(C(=O)N2CCCC2)c1)c1ccc(N2CCCC2=O)cc1. The molecule has 2 aromatic carbocycles. The normalized spacial score (nSPS) is 16.5. The molecule has 0 saturated carbocycles. The van der Waals surface area contributed by atoms with Gasteiger partial charge in [-0.25, -0.2) is 0 Å². The number of hydrogen-bond acceptors (Lipinski definition) is 3. The fraction of sp³-hybridized carbons (Fsp3) is 0.318. The van der Waals surface area contributed by atoms with Crippen LogP contribution in [0.25, 0.3) is 0 Å². The lowest BCUT2D eigenvalue weighted by Crippen LogP contribution is -2.27. The Labute approximate surface area is 164 Å². The molecule has 0 aliphatic carbocycles. The molecule has 4 rings (SSSR count). The second-order valence-electron chi connectivity index (χ2n) is 7.23. The summed E-state index contributed by atoms with van der Waals surface area (Å²) >= 11 is 0. The van der Waals surface area contributed by atoms with Crippen molar-refractivity contribution in [1.82, 2.24) is 4.90 Å². The predicted molar refractivity (Wildman–Crippen MR) is 108 cm³/mol. The lowest BCUT2D eigenvalue weighted by Gasteiger charge is -2.16. The molecule has 2 heterocycles. The van der Waals surface area contributed by atoms with Gasteiger partial charge in [-0.3, -0.25) is 14.4 Å². The third kappa shape index (κ3) is 3.76. The van der Waals surface area contributed by atoms with Gasteiger partial charge < -0.3 is 15.1 Å². The number of benzene rings is 2. The number of carbonyl (C=O) groups is 3. The highest BCUT2D eigenvalue weighted by Gasteiger charge is 2.22. The quantitative estimate of drug-likeness (QED) is 0.889. The van der Waals surface area contributed by atoms with Crippen LogP contribution >= 0.6 is 0 Å². The molecule has 2 aliphatic rings. The lowest BCUT2D eigenvalue weighted by atomic mass is 10.1. The molecule has 0 aromatic heterocycles. The zero-order valence-electron chi connectivity index (χ0n) is 15.7. The van der Waals surface area contributed by atoms with Gasteiger partial charge in [-0.2, -0.15) is 0 Å². The Morgan fingerprint density at radius 3 is 2.29 bits per heavy atom. The topological polar surface area (TPSA) is 69.7 Å². The smallest absolute Gasteiger partial charge is 0.255 e. The van der Waals surface area contributed by atoms with Crippen LogP contribution in [0, 0.1) is 0 Å². The summed E-state index contributed by atoms with van der Waals surface area (Å²) in [6.45, 7) is 2.31. The maximum atomic E-state index is 12.6. The number of amides is 3. The van der Waals surface area contributed by atoms with Gasteiger partial charge in [-0.05, 0) is 61.7 Å². The van der Waals surface area contributed by atoms with E-state index in [0.717, 1.165) is 44.6 Å². The van der Waals surface area contributed by atoms with Crippen LogP contribution in [0.5, 0.6) is 0 Å². The molecule has 0 atom stereocenters. The van der Waals surface area contributed by atoms with E-state index < -0.39 is 0 Å². The van der Waals surface area contributed by atoms with Gasteiger partial charge in [0.2, 0.25) is 5.91 Å². The first-order valence-corrected chi connectivity index (χ1v) is 9.73. The van der Waals surface area contributed by atoms with Crippen LogP contribution in [0.1, 0.15) is 46.4 Å². The first-order valence-electron chi connectivity index (χ1n) is 9.73. The monoisotopic (exact) mass is 377 g/mol. The Morgan fingerprint density at radius 1 is 0.857 bits per heavy atom. The van der Waals surface area contributed by atoms with Gasteiger partial charge in [0.15, 0.2) is 0 Å². The van der Waals surface area contributed by atoms with Crippen LogP contribution in [0.3, 0.4) is 0 Å². The van der Waals surface area contributed by atoms with Gasteiger partial charge in [0.1, 0.15) is 0 Å². The Balaban J connectivity index is 1.44. The van der Waals surface area contributed by atoms with E-state index in [1.165, 1.54) is 0 Å². The van der Waals surface area contributed by atoms with Crippen molar-refractivity contribution in [2.24, 2.45) is 0 Å². The van der Waals surface area contributed by atoms with Gasteiger partial charge >= 0.3 is 0 Å². The number of rotatable bonds is 4. The van der Waals surface area contributed by atoms with Crippen LogP contribution in [0.4, 0.5) is 11.4 Å². The third-order valence-electron chi connectivity index (χ3n) is 5.28. The molecule has 2 aromatic rings. The van der Waals surface area contributed by atoms with Crippen molar-refractivity contribution < 1.29 is 14.4 Å². The van der Waals surface area contributed by atoms with Crippen molar-refractivity contribution in [1.29, 1.82) is 0 Å². The Hall–Kier alpha value is -3.15. The van der Waals surface area contributed by atoms with E-state index in [1.54, 1.807) is 53.4 Å². The summed E-state index contributed by atoms with van der Waals surface area (Å²) in [6.07, 6.45) is 3.53. The third-order valence-corrected chi connectivity index (χ3v) is 5.28. The highest BCUT2D eigenvalue weighted by molar-refractivity contribution is 6.05. The van der Waals surface area contributed by atoms with Gasteiger partial charge in [0.25, 0.3) is 11.8 Å². The average Bonchev–Trinajstić information content (AvgIpc) is 3.39. The predicted octanol–water partition coefficient (Wildman–Crippen LogP) is 3.30. The fourth-order valence-corrected chi connectivity index (χ4v) is 3.75. The van der Waals surface area contributed by atoms with Crippen molar-refractivity contribution >= 4 is 29.1 Å². The standard InChI is InChI=1S/C22H23N3O3/c26-20-7-4-14-25(20)19-10-8-16(9-11-19)21(27)23-18-6-3-5-17(15-18)22(28)24-12-1-2-13-24/h3,5-6,8-11,15H,1-2,4,7,12-14H2,(H,23,27). The minimum atomic E-state index is -0.245. The Kier molecular flexibility index (Phi) is 5.10. The van der Waals surface area contributed by atoms with Crippen LogP contribution in [0.2, 0.25) is 0 Å². The Bertz CT molecular complexity index is 901. The molecule has 0 bridgehead atoms. The molecule has 0 spiro atoms. The molecule has 3 amide bonds. The molecule has 6 heteroatoms. The molecule has 0 radical (unpaired) electrons. The van der Waals surface area contributed by atoms with Gasteiger partial charge in [-0.15, -0.1) is 0 Å². The molecule has 2 aliphatic heterocycles. The molecular weight excluding hydrogens is 354 g/mol. The molecular formula is C22H23N3O3. The molecule has 28 heavy (non-hydrogen) atoms. The molecule has 144 valence electrons. The van der Waals surface area contributed by atoms with Crippen LogP contribution in [-0.2, 0) is 4.79 Å². The molecule has 2 fully saturated rings. The van der Waals surface area contributed by atoms with Gasteiger partial charge in [0.05, 0.1) is 0 Å². The van der Waals surface area contributed by atoms with Crippen molar-refractivity contribution in [2.75, 3.05) is 29.9 Å². The first-order chi connectivity index (χ1) is 13.6. The van der Waals surface area contributed by atoms with Gasteiger partial charge in [-0.1, -0.05) is 6.07 Å². The van der Waals surface area contributed by atoms with Crippen LogP contribution in [0.15, 0.2) is 48.5 Å². The van der Waals surface area contributed by atoms with E-state index in [0.29, 0.717) is 23.2 Å². The summed E-state index contributed by atoms with van der Waals surface area (Å²) in [5.41, 5.74) is 2.50. The van der Waals surface area contributed by atoms with E-state index in [9.17, 15) is 14.4 Å².